The molecule has 112 valence electrons. The minimum absolute atomic E-state index is 0.639. The third-order valence-electron chi connectivity index (χ3n) is 3.86. The monoisotopic (exact) mass is 303 g/mol. The minimum Gasteiger partial charge on any atom is -0.477 e. The van der Waals surface area contributed by atoms with Crippen molar-refractivity contribution in [1.29, 1.82) is 0 Å². The van der Waals surface area contributed by atoms with Gasteiger partial charge in [-0.25, -0.2) is 9.97 Å². The molecule has 0 amide bonds. The molecule has 5 heteroatoms. The van der Waals surface area contributed by atoms with Gasteiger partial charge < -0.3 is 4.74 Å². The predicted molar refractivity (Wildman–Crippen MR) is 84.6 cm³/mol. The molecule has 2 aromatic heterocycles. The molecule has 3 rings (SSSR count). The molecule has 0 saturated carbocycles. The van der Waals surface area contributed by atoms with Gasteiger partial charge in [0.15, 0.2) is 0 Å². The first kappa shape index (κ1) is 14.5. The molecule has 3 heterocycles. The molecule has 0 bridgehead atoms. The molecule has 0 aliphatic carbocycles. The van der Waals surface area contributed by atoms with Crippen molar-refractivity contribution in [3.8, 4) is 5.88 Å². The third-order valence-corrected chi connectivity index (χ3v) is 4.69. The quantitative estimate of drug-likeness (QED) is 0.850. The Balaban J connectivity index is 1.40. The topological polar surface area (TPSA) is 38.2 Å². The van der Waals surface area contributed by atoms with Crippen LogP contribution in [0.3, 0.4) is 0 Å². The second-order valence-electron chi connectivity index (χ2n) is 5.56. The Labute approximate surface area is 129 Å². The van der Waals surface area contributed by atoms with Crippen LogP contribution >= 0.6 is 11.3 Å². The van der Waals surface area contributed by atoms with Gasteiger partial charge in [0, 0.05) is 24.2 Å². The maximum Gasteiger partial charge on any atom is 0.213 e. The Morgan fingerprint density at radius 1 is 1.33 bits per heavy atom. The van der Waals surface area contributed by atoms with Crippen molar-refractivity contribution in [2.75, 3.05) is 19.7 Å². The van der Waals surface area contributed by atoms with Crippen LogP contribution in [-0.4, -0.2) is 34.6 Å². The van der Waals surface area contributed by atoms with Crippen LogP contribution in [0.5, 0.6) is 5.88 Å². The zero-order valence-electron chi connectivity index (χ0n) is 12.4. The van der Waals surface area contributed by atoms with Crippen molar-refractivity contribution in [1.82, 2.24) is 14.9 Å². The van der Waals surface area contributed by atoms with E-state index in [0.29, 0.717) is 5.92 Å². The molecule has 4 nitrogen and oxygen atoms in total. The number of nitrogens with zero attached hydrogens (tertiary/aromatic N) is 3. The number of hydrogen-bond donors (Lipinski definition) is 0. The first-order valence-electron chi connectivity index (χ1n) is 7.47. The molecule has 0 spiro atoms. The summed E-state index contributed by atoms with van der Waals surface area (Å²) in [6, 6.07) is 5.78. The molecule has 0 radical (unpaired) electrons. The number of pyridine rings is 1. The summed E-state index contributed by atoms with van der Waals surface area (Å²) in [7, 11) is 0. The third kappa shape index (κ3) is 4.25. The summed E-state index contributed by atoms with van der Waals surface area (Å²) in [5.41, 5.74) is 1.21. The lowest BCUT2D eigenvalue weighted by Crippen LogP contribution is -2.35. The average molecular weight is 303 g/mol. The van der Waals surface area contributed by atoms with E-state index in [1.165, 1.54) is 18.5 Å². The molecule has 2 aromatic rings. The smallest absolute Gasteiger partial charge is 0.213 e. The molecule has 1 aliphatic heterocycles. The average Bonchev–Trinajstić information content (AvgIpc) is 2.93. The number of rotatable bonds is 5. The number of aromatic nitrogens is 2. The van der Waals surface area contributed by atoms with E-state index in [-0.39, 0.29) is 0 Å². The largest absolute Gasteiger partial charge is 0.477 e. The standard InChI is InChI=1S/C16H21N3OS/c1-13-18-15(12-21-13)10-19-8-5-14(6-9-19)11-20-16-4-2-3-7-17-16/h2-4,7,12,14H,5-6,8-11H2,1H3. The maximum absolute atomic E-state index is 5.76. The number of hydrogen-bond acceptors (Lipinski definition) is 5. The van der Waals surface area contributed by atoms with Gasteiger partial charge in [0.05, 0.1) is 17.3 Å². The van der Waals surface area contributed by atoms with Gasteiger partial charge in [-0.1, -0.05) is 6.07 Å². The Morgan fingerprint density at radius 3 is 2.86 bits per heavy atom. The highest BCUT2D eigenvalue weighted by Gasteiger charge is 2.20. The first-order chi connectivity index (χ1) is 10.3. The van der Waals surface area contributed by atoms with E-state index in [0.717, 1.165) is 37.1 Å². The Kier molecular flexibility index (Phi) is 4.83. The molecule has 1 fully saturated rings. The lowest BCUT2D eigenvalue weighted by atomic mass is 9.98. The number of likely N-dealkylation sites (tertiary alicyclic amines) is 1. The number of piperidine rings is 1. The first-order valence-corrected chi connectivity index (χ1v) is 8.35. The maximum atomic E-state index is 5.76. The van der Waals surface area contributed by atoms with Gasteiger partial charge in [-0.3, -0.25) is 4.90 Å². The van der Waals surface area contributed by atoms with Gasteiger partial charge in [0.2, 0.25) is 5.88 Å². The fraction of sp³-hybridized carbons (Fsp3) is 0.500. The Morgan fingerprint density at radius 2 is 2.19 bits per heavy atom. The van der Waals surface area contributed by atoms with Gasteiger partial charge in [-0.15, -0.1) is 11.3 Å². The van der Waals surface area contributed by atoms with Crippen LogP contribution in [0.4, 0.5) is 0 Å². The zero-order valence-corrected chi connectivity index (χ0v) is 13.2. The van der Waals surface area contributed by atoms with Crippen LogP contribution in [0.1, 0.15) is 23.5 Å². The molecular weight excluding hydrogens is 282 g/mol. The highest BCUT2D eigenvalue weighted by atomic mass is 32.1. The summed E-state index contributed by atoms with van der Waals surface area (Å²) in [5, 5.41) is 3.33. The van der Waals surface area contributed by atoms with E-state index in [1.54, 1.807) is 17.5 Å². The fourth-order valence-corrected chi connectivity index (χ4v) is 3.26. The predicted octanol–water partition coefficient (Wildman–Crippen LogP) is 3.14. The highest BCUT2D eigenvalue weighted by Crippen LogP contribution is 2.20. The van der Waals surface area contributed by atoms with Crippen molar-refractivity contribution in [3.63, 3.8) is 0 Å². The molecule has 0 N–H and O–H groups in total. The van der Waals surface area contributed by atoms with Crippen LogP contribution in [0.2, 0.25) is 0 Å². The van der Waals surface area contributed by atoms with Gasteiger partial charge in [0.1, 0.15) is 0 Å². The van der Waals surface area contributed by atoms with Crippen molar-refractivity contribution in [3.05, 3.63) is 40.5 Å². The number of aryl methyl sites for hydroxylation is 1. The van der Waals surface area contributed by atoms with E-state index in [4.69, 9.17) is 4.74 Å². The van der Waals surface area contributed by atoms with E-state index in [2.05, 4.69) is 27.2 Å². The molecule has 0 unspecified atom stereocenters. The summed E-state index contributed by atoms with van der Waals surface area (Å²) in [6.45, 7) is 6.09. The molecular formula is C16H21N3OS. The molecule has 0 aromatic carbocycles. The van der Waals surface area contributed by atoms with Gasteiger partial charge in [0.25, 0.3) is 0 Å². The lowest BCUT2D eigenvalue weighted by molar-refractivity contribution is 0.134. The van der Waals surface area contributed by atoms with E-state index < -0.39 is 0 Å². The van der Waals surface area contributed by atoms with Crippen molar-refractivity contribution < 1.29 is 4.74 Å². The zero-order chi connectivity index (χ0) is 14.5. The SMILES string of the molecule is Cc1nc(CN2CCC(COc3ccccn3)CC2)cs1. The summed E-state index contributed by atoms with van der Waals surface area (Å²) in [6.07, 6.45) is 4.15. The fourth-order valence-electron chi connectivity index (χ4n) is 2.66. The van der Waals surface area contributed by atoms with Crippen molar-refractivity contribution >= 4 is 11.3 Å². The van der Waals surface area contributed by atoms with Crippen LogP contribution in [-0.2, 0) is 6.54 Å². The highest BCUT2D eigenvalue weighted by molar-refractivity contribution is 7.09. The number of thiazole rings is 1. The van der Waals surface area contributed by atoms with E-state index in [9.17, 15) is 0 Å². The van der Waals surface area contributed by atoms with E-state index in [1.807, 2.05) is 18.2 Å². The molecule has 21 heavy (non-hydrogen) atoms. The van der Waals surface area contributed by atoms with Crippen LogP contribution < -0.4 is 4.74 Å². The normalized spacial score (nSPS) is 17.0. The van der Waals surface area contributed by atoms with Crippen LogP contribution in [0.25, 0.3) is 0 Å². The molecule has 1 aliphatic rings. The summed E-state index contributed by atoms with van der Waals surface area (Å²) in [4.78, 5) is 11.2. The van der Waals surface area contributed by atoms with Crippen LogP contribution in [0.15, 0.2) is 29.8 Å². The number of ether oxygens (including phenoxy) is 1. The minimum atomic E-state index is 0.639. The summed E-state index contributed by atoms with van der Waals surface area (Å²) in [5.74, 6) is 1.37. The van der Waals surface area contributed by atoms with Crippen LogP contribution in [0, 0.1) is 12.8 Å². The summed E-state index contributed by atoms with van der Waals surface area (Å²) >= 11 is 1.73. The van der Waals surface area contributed by atoms with Crippen molar-refractivity contribution in [2.45, 2.75) is 26.3 Å². The molecule has 0 atom stereocenters. The van der Waals surface area contributed by atoms with Gasteiger partial charge >= 0.3 is 0 Å². The van der Waals surface area contributed by atoms with Gasteiger partial charge in [-0.2, -0.15) is 0 Å². The molecule has 1 saturated heterocycles. The lowest BCUT2D eigenvalue weighted by Gasteiger charge is -2.31. The Bertz CT molecular complexity index is 550. The Hall–Kier alpha value is -1.46. The second kappa shape index (κ2) is 7.00. The van der Waals surface area contributed by atoms with E-state index >= 15 is 0 Å². The van der Waals surface area contributed by atoms with Gasteiger partial charge in [-0.05, 0) is 44.8 Å². The summed E-state index contributed by atoms with van der Waals surface area (Å²) < 4.78 is 5.76. The second-order valence-corrected chi connectivity index (χ2v) is 6.62. The van der Waals surface area contributed by atoms with Crippen molar-refractivity contribution in [2.24, 2.45) is 5.92 Å².